The fourth-order valence-corrected chi connectivity index (χ4v) is 1.73. The minimum atomic E-state index is -0.155. The van der Waals surface area contributed by atoms with Crippen LogP contribution in [0.3, 0.4) is 0 Å². The van der Waals surface area contributed by atoms with Crippen LogP contribution in [0.5, 0.6) is 0 Å². The highest BCUT2D eigenvalue weighted by molar-refractivity contribution is 5.69. The summed E-state index contributed by atoms with van der Waals surface area (Å²) in [5.74, 6) is -0.155. The summed E-state index contributed by atoms with van der Waals surface area (Å²) >= 11 is 0. The van der Waals surface area contributed by atoms with Gasteiger partial charge in [0.25, 0.3) is 0 Å². The molecular weight excluding hydrogens is 252 g/mol. The third-order valence-corrected chi connectivity index (χ3v) is 2.92. The molecule has 0 heterocycles. The molecule has 0 bridgehead atoms. The Labute approximate surface area is 125 Å². The molecule has 1 N–H and O–H groups in total. The van der Waals surface area contributed by atoms with Gasteiger partial charge in [0.2, 0.25) is 0 Å². The van der Waals surface area contributed by atoms with Crippen LogP contribution in [0.25, 0.3) is 0 Å². The van der Waals surface area contributed by atoms with Gasteiger partial charge in [-0.1, -0.05) is 71.8 Å². The van der Waals surface area contributed by atoms with Crippen molar-refractivity contribution in [2.75, 3.05) is 6.61 Å². The molecule has 0 saturated heterocycles. The number of ether oxygens (including phenoxy) is 1. The smallest absolute Gasteiger partial charge is 0.310 e. The highest BCUT2D eigenvalue weighted by Crippen LogP contribution is 2.10. The molecule has 0 aliphatic rings. The highest BCUT2D eigenvalue weighted by atomic mass is 16.5. The molecule has 0 aromatic heterocycles. The van der Waals surface area contributed by atoms with E-state index in [4.69, 9.17) is 5.11 Å². The molecule has 0 saturated carbocycles. The van der Waals surface area contributed by atoms with Crippen LogP contribution in [-0.2, 0) is 9.53 Å². The van der Waals surface area contributed by atoms with Crippen molar-refractivity contribution in [1.82, 2.24) is 0 Å². The fraction of sp³-hybridized carbons (Fsp3) is 0.824. The van der Waals surface area contributed by atoms with Crippen molar-refractivity contribution in [3.05, 3.63) is 12.8 Å². The van der Waals surface area contributed by atoms with Crippen LogP contribution < -0.4 is 0 Å². The summed E-state index contributed by atoms with van der Waals surface area (Å²) in [6, 6.07) is 0. The lowest BCUT2D eigenvalue weighted by molar-refractivity contribution is -0.138. The second-order valence-corrected chi connectivity index (χ2v) is 4.96. The first kappa shape index (κ1) is 21.5. The Kier molecular flexibility index (Phi) is 22.0. The Hall–Kier alpha value is -0.830. The molecule has 0 aromatic rings. The standard InChI is InChI=1S/C14H26O2.C3H8O/c1-3-5-6-7-8-9-10-11-12-13-14(15)16-4-2;1-2-3-4/h4H,2-3,5-13H2,1H3;4H,2-3H2,1H3. The van der Waals surface area contributed by atoms with E-state index in [-0.39, 0.29) is 5.97 Å². The number of carbonyl (C=O) groups is 1. The number of rotatable bonds is 12. The van der Waals surface area contributed by atoms with E-state index in [9.17, 15) is 4.79 Å². The number of unbranched alkanes of at least 4 members (excludes halogenated alkanes) is 8. The van der Waals surface area contributed by atoms with Crippen LogP contribution in [-0.4, -0.2) is 17.7 Å². The van der Waals surface area contributed by atoms with Crippen molar-refractivity contribution in [2.45, 2.75) is 84.5 Å². The second-order valence-electron chi connectivity index (χ2n) is 4.96. The van der Waals surface area contributed by atoms with Crippen LogP contribution in [0.15, 0.2) is 12.8 Å². The monoisotopic (exact) mass is 286 g/mol. The topological polar surface area (TPSA) is 46.5 Å². The Morgan fingerprint density at radius 3 is 1.80 bits per heavy atom. The first-order valence-corrected chi connectivity index (χ1v) is 8.14. The van der Waals surface area contributed by atoms with Crippen LogP contribution in [0.2, 0.25) is 0 Å². The van der Waals surface area contributed by atoms with Gasteiger partial charge in [-0.3, -0.25) is 4.79 Å². The Morgan fingerprint density at radius 1 is 0.950 bits per heavy atom. The summed E-state index contributed by atoms with van der Waals surface area (Å²) in [7, 11) is 0. The number of hydrogen-bond acceptors (Lipinski definition) is 3. The second kappa shape index (κ2) is 20.5. The van der Waals surface area contributed by atoms with Crippen molar-refractivity contribution in [1.29, 1.82) is 0 Å². The predicted octanol–water partition coefficient (Wildman–Crippen LogP) is 4.98. The maximum atomic E-state index is 11.0. The van der Waals surface area contributed by atoms with Crippen molar-refractivity contribution in [3.63, 3.8) is 0 Å². The summed E-state index contributed by atoms with van der Waals surface area (Å²) in [4.78, 5) is 11.0. The van der Waals surface area contributed by atoms with Crippen LogP contribution in [0.4, 0.5) is 0 Å². The van der Waals surface area contributed by atoms with E-state index in [1.54, 1.807) is 0 Å². The minimum Gasteiger partial charge on any atom is -0.435 e. The lowest BCUT2D eigenvalue weighted by atomic mass is 10.1. The first-order valence-electron chi connectivity index (χ1n) is 8.14. The predicted molar refractivity (Wildman–Crippen MR) is 85.5 cm³/mol. The molecule has 0 radical (unpaired) electrons. The maximum Gasteiger partial charge on any atom is 0.310 e. The van der Waals surface area contributed by atoms with Crippen LogP contribution in [0.1, 0.15) is 84.5 Å². The molecule has 3 nitrogen and oxygen atoms in total. The van der Waals surface area contributed by atoms with Gasteiger partial charge in [0.15, 0.2) is 0 Å². The van der Waals surface area contributed by atoms with Gasteiger partial charge in [0, 0.05) is 13.0 Å². The number of aliphatic hydroxyl groups excluding tert-OH is 1. The Morgan fingerprint density at radius 2 is 1.40 bits per heavy atom. The molecule has 0 aromatic carbocycles. The molecule has 0 fully saturated rings. The summed E-state index contributed by atoms with van der Waals surface area (Å²) < 4.78 is 4.64. The molecule has 0 amide bonds. The van der Waals surface area contributed by atoms with Crippen molar-refractivity contribution in [2.24, 2.45) is 0 Å². The molecule has 0 atom stereocenters. The summed E-state index contributed by atoms with van der Waals surface area (Å²) in [6.07, 6.45) is 14.0. The van der Waals surface area contributed by atoms with E-state index in [1.165, 1.54) is 51.2 Å². The largest absolute Gasteiger partial charge is 0.435 e. The van der Waals surface area contributed by atoms with E-state index in [0.29, 0.717) is 13.0 Å². The molecule has 0 spiro atoms. The van der Waals surface area contributed by atoms with Crippen molar-refractivity contribution in [3.8, 4) is 0 Å². The van der Waals surface area contributed by atoms with Gasteiger partial charge in [-0.25, -0.2) is 0 Å². The van der Waals surface area contributed by atoms with Gasteiger partial charge in [0.1, 0.15) is 0 Å². The van der Waals surface area contributed by atoms with Crippen molar-refractivity contribution < 1.29 is 14.6 Å². The highest BCUT2D eigenvalue weighted by Gasteiger charge is 1.99. The van der Waals surface area contributed by atoms with Gasteiger partial charge in [-0.2, -0.15) is 0 Å². The van der Waals surface area contributed by atoms with Gasteiger partial charge in [0.05, 0.1) is 6.26 Å². The molecule has 3 heteroatoms. The zero-order chi connectivity index (χ0) is 15.5. The molecule has 0 unspecified atom stereocenters. The summed E-state index contributed by atoms with van der Waals surface area (Å²) in [6.45, 7) is 7.84. The van der Waals surface area contributed by atoms with E-state index >= 15 is 0 Å². The van der Waals surface area contributed by atoms with Crippen LogP contribution in [0, 0.1) is 0 Å². The molecule has 20 heavy (non-hydrogen) atoms. The molecule has 0 rings (SSSR count). The zero-order valence-electron chi connectivity index (χ0n) is 13.5. The first-order chi connectivity index (χ1) is 9.72. The third-order valence-electron chi connectivity index (χ3n) is 2.92. The molecule has 120 valence electrons. The molecule has 0 aliphatic heterocycles. The van der Waals surface area contributed by atoms with Gasteiger partial charge in [-0.15, -0.1) is 0 Å². The van der Waals surface area contributed by atoms with Crippen LogP contribution >= 0.6 is 0 Å². The third kappa shape index (κ3) is 22.4. The number of esters is 1. The number of hydrogen-bond donors (Lipinski definition) is 1. The fourth-order valence-electron chi connectivity index (χ4n) is 1.73. The van der Waals surface area contributed by atoms with E-state index in [0.717, 1.165) is 19.3 Å². The normalized spacial score (nSPS) is 9.55. The van der Waals surface area contributed by atoms with Gasteiger partial charge < -0.3 is 9.84 Å². The van der Waals surface area contributed by atoms with E-state index in [1.807, 2.05) is 6.92 Å². The summed E-state index contributed by atoms with van der Waals surface area (Å²) in [5, 5.41) is 7.88. The number of aliphatic hydroxyl groups is 1. The van der Waals surface area contributed by atoms with Gasteiger partial charge in [-0.05, 0) is 12.8 Å². The average Bonchev–Trinajstić information content (AvgIpc) is 2.46. The Bertz CT molecular complexity index is 200. The lowest BCUT2D eigenvalue weighted by Gasteiger charge is -2.01. The maximum absolute atomic E-state index is 11.0. The Balaban J connectivity index is 0. The summed E-state index contributed by atoms with van der Waals surface area (Å²) in [5.41, 5.74) is 0. The SMILES string of the molecule is C=COC(=O)CCCCCCCCCCC.CCCO. The average molecular weight is 286 g/mol. The molecular formula is C17H34O3. The minimum absolute atomic E-state index is 0.155. The van der Waals surface area contributed by atoms with Gasteiger partial charge >= 0.3 is 5.97 Å². The number of carbonyl (C=O) groups excluding carboxylic acids is 1. The quantitative estimate of drug-likeness (QED) is 0.312. The zero-order valence-corrected chi connectivity index (χ0v) is 13.5. The molecule has 0 aliphatic carbocycles. The lowest BCUT2D eigenvalue weighted by Crippen LogP contribution is -1.98. The van der Waals surface area contributed by atoms with E-state index in [2.05, 4.69) is 18.2 Å². The van der Waals surface area contributed by atoms with E-state index < -0.39 is 0 Å². The van der Waals surface area contributed by atoms with Crippen molar-refractivity contribution >= 4 is 5.97 Å².